The Labute approximate surface area is 143 Å². The molecule has 0 spiro atoms. The number of anilines is 1. The molecule has 3 heterocycles. The molecular formula is C17H17N3OS2. The van der Waals surface area contributed by atoms with Crippen LogP contribution in [0.15, 0.2) is 23.6 Å². The molecular weight excluding hydrogens is 326 g/mol. The van der Waals surface area contributed by atoms with E-state index in [0.717, 1.165) is 38.2 Å². The van der Waals surface area contributed by atoms with Crippen molar-refractivity contribution in [1.82, 2.24) is 9.97 Å². The second-order valence-electron chi connectivity index (χ2n) is 5.41. The van der Waals surface area contributed by atoms with Gasteiger partial charge in [0, 0.05) is 5.69 Å². The quantitative estimate of drug-likeness (QED) is 0.746. The molecule has 6 heteroatoms. The van der Waals surface area contributed by atoms with E-state index in [1.54, 1.807) is 11.3 Å². The average Bonchev–Trinajstić information content (AvgIpc) is 3.11. The minimum absolute atomic E-state index is 0.125. The van der Waals surface area contributed by atoms with Crippen molar-refractivity contribution in [2.75, 3.05) is 5.32 Å². The van der Waals surface area contributed by atoms with Crippen LogP contribution in [0.2, 0.25) is 0 Å². The number of hydrogen-bond acceptors (Lipinski definition) is 5. The van der Waals surface area contributed by atoms with E-state index in [-0.39, 0.29) is 5.91 Å². The van der Waals surface area contributed by atoms with Crippen LogP contribution >= 0.6 is 22.7 Å². The molecule has 0 saturated carbocycles. The highest BCUT2D eigenvalue weighted by Gasteiger charge is 2.18. The molecule has 0 aromatic carbocycles. The van der Waals surface area contributed by atoms with Gasteiger partial charge in [-0.15, -0.1) is 22.7 Å². The van der Waals surface area contributed by atoms with Gasteiger partial charge in [0.2, 0.25) is 0 Å². The number of aromatic nitrogens is 2. The fourth-order valence-electron chi connectivity index (χ4n) is 2.50. The number of thiophene rings is 1. The molecule has 0 aliphatic heterocycles. The molecule has 0 fully saturated rings. The van der Waals surface area contributed by atoms with Crippen LogP contribution in [0.3, 0.4) is 0 Å². The Morgan fingerprint density at radius 2 is 1.91 bits per heavy atom. The Kier molecular flexibility index (Phi) is 4.28. The number of thiazole rings is 1. The van der Waals surface area contributed by atoms with E-state index in [1.807, 2.05) is 51.3 Å². The molecule has 3 aromatic rings. The van der Waals surface area contributed by atoms with Crippen LogP contribution in [-0.2, 0) is 0 Å². The van der Waals surface area contributed by atoms with E-state index in [4.69, 9.17) is 0 Å². The second kappa shape index (κ2) is 6.22. The molecule has 3 aromatic heterocycles. The number of carbonyl (C=O) groups is 1. The highest BCUT2D eigenvalue weighted by Crippen LogP contribution is 2.31. The third kappa shape index (κ3) is 3.18. The van der Waals surface area contributed by atoms with Gasteiger partial charge in [-0.1, -0.05) is 6.07 Å². The summed E-state index contributed by atoms with van der Waals surface area (Å²) in [6, 6.07) is 5.98. The lowest BCUT2D eigenvalue weighted by Crippen LogP contribution is -2.14. The lowest BCUT2D eigenvalue weighted by atomic mass is 10.1. The van der Waals surface area contributed by atoms with Crippen LogP contribution in [0, 0.1) is 27.7 Å². The molecule has 4 nitrogen and oxygen atoms in total. The van der Waals surface area contributed by atoms with Gasteiger partial charge in [0.25, 0.3) is 5.91 Å². The Balaban J connectivity index is 1.90. The van der Waals surface area contributed by atoms with Crippen molar-refractivity contribution in [3.63, 3.8) is 0 Å². The first-order valence-corrected chi connectivity index (χ1v) is 8.93. The zero-order valence-electron chi connectivity index (χ0n) is 13.4. The summed E-state index contributed by atoms with van der Waals surface area (Å²) in [5, 5.41) is 5.89. The summed E-state index contributed by atoms with van der Waals surface area (Å²) in [6.45, 7) is 7.71. The Morgan fingerprint density at radius 1 is 1.13 bits per heavy atom. The maximum atomic E-state index is 12.6. The zero-order valence-corrected chi connectivity index (χ0v) is 15.1. The fraction of sp³-hybridized carbons (Fsp3) is 0.235. The third-order valence-electron chi connectivity index (χ3n) is 3.50. The summed E-state index contributed by atoms with van der Waals surface area (Å²) in [5.74, 6) is -0.125. The predicted molar refractivity (Wildman–Crippen MR) is 96.6 cm³/mol. The molecule has 0 radical (unpaired) electrons. The maximum absolute atomic E-state index is 12.6. The Hall–Kier alpha value is -2.05. The van der Waals surface area contributed by atoms with Gasteiger partial charge < -0.3 is 5.32 Å². The highest BCUT2D eigenvalue weighted by molar-refractivity contribution is 7.22. The molecule has 0 bridgehead atoms. The lowest BCUT2D eigenvalue weighted by molar-refractivity contribution is 0.102. The van der Waals surface area contributed by atoms with E-state index in [2.05, 4.69) is 15.3 Å². The molecule has 1 amide bonds. The van der Waals surface area contributed by atoms with Gasteiger partial charge >= 0.3 is 0 Å². The van der Waals surface area contributed by atoms with Gasteiger partial charge in [0.05, 0.1) is 22.0 Å². The number of pyridine rings is 1. The van der Waals surface area contributed by atoms with Gasteiger partial charge in [0.15, 0.2) is 0 Å². The van der Waals surface area contributed by atoms with E-state index >= 15 is 0 Å². The fourth-order valence-corrected chi connectivity index (χ4v) is 4.25. The van der Waals surface area contributed by atoms with Gasteiger partial charge in [-0.2, -0.15) is 0 Å². The Morgan fingerprint density at radius 3 is 2.57 bits per heavy atom. The molecule has 3 rings (SSSR count). The van der Waals surface area contributed by atoms with Gasteiger partial charge in [0.1, 0.15) is 9.88 Å². The van der Waals surface area contributed by atoms with Crippen LogP contribution in [0.25, 0.3) is 9.88 Å². The minimum Gasteiger partial charge on any atom is -0.319 e. The molecule has 1 N–H and O–H groups in total. The summed E-state index contributed by atoms with van der Waals surface area (Å²) < 4.78 is 0. The van der Waals surface area contributed by atoms with Crippen LogP contribution in [0.5, 0.6) is 0 Å². The van der Waals surface area contributed by atoms with Crippen molar-refractivity contribution in [2.45, 2.75) is 27.7 Å². The number of aryl methyl sites for hydroxylation is 4. The number of amides is 1. The van der Waals surface area contributed by atoms with Crippen molar-refractivity contribution < 1.29 is 4.79 Å². The summed E-state index contributed by atoms with van der Waals surface area (Å²) in [6.07, 6.45) is 0. The first-order valence-electron chi connectivity index (χ1n) is 7.23. The van der Waals surface area contributed by atoms with Gasteiger partial charge in [-0.3, -0.25) is 9.78 Å². The Bertz CT molecular complexity index is 843. The average molecular weight is 343 g/mol. The van der Waals surface area contributed by atoms with Crippen molar-refractivity contribution in [3.05, 3.63) is 51.1 Å². The van der Waals surface area contributed by atoms with E-state index in [9.17, 15) is 4.79 Å². The SMILES string of the molecule is Cc1cc(C)c(NC(=O)c2sc(-c3cccs3)nc2C)c(C)n1. The molecule has 0 saturated heterocycles. The largest absolute Gasteiger partial charge is 0.319 e. The molecule has 0 unspecified atom stereocenters. The number of hydrogen-bond donors (Lipinski definition) is 1. The molecule has 0 aliphatic rings. The topological polar surface area (TPSA) is 54.9 Å². The molecule has 118 valence electrons. The van der Waals surface area contributed by atoms with Gasteiger partial charge in [-0.25, -0.2) is 4.98 Å². The number of rotatable bonds is 3. The third-order valence-corrected chi connectivity index (χ3v) is 5.69. The van der Waals surface area contributed by atoms with Crippen LogP contribution < -0.4 is 5.32 Å². The normalized spacial score (nSPS) is 10.8. The van der Waals surface area contributed by atoms with E-state index < -0.39 is 0 Å². The van der Waals surface area contributed by atoms with Crippen molar-refractivity contribution in [3.8, 4) is 9.88 Å². The minimum atomic E-state index is -0.125. The smallest absolute Gasteiger partial charge is 0.267 e. The first-order chi connectivity index (χ1) is 11.0. The molecule has 0 atom stereocenters. The van der Waals surface area contributed by atoms with Crippen molar-refractivity contribution in [1.29, 1.82) is 0 Å². The number of carbonyl (C=O) groups excluding carboxylic acids is 1. The van der Waals surface area contributed by atoms with Crippen molar-refractivity contribution in [2.24, 2.45) is 0 Å². The van der Waals surface area contributed by atoms with E-state index in [0.29, 0.717) is 4.88 Å². The highest BCUT2D eigenvalue weighted by atomic mass is 32.1. The van der Waals surface area contributed by atoms with Crippen molar-refractivity contribution >= 4 is 34.3 Å². The first kappa shape index (κ1) is 15.8. The van der Waals surface area contributed by atoms with Crippen LogP contribution in [0.4, 0.5) is 5.69 Å². The summed E-state index contributed by atoms with van der Waals surface area (Å²) in [7, 11) is 0. The van der Waals surface area contributed by atoms with Gasteiger partial charge in [-0.05, 0) is 50.8 Å². The summed E-state index contributed by atoms with van der Waals surface area (Å²) in [4.78, 5) is 23.3. The molecule has 0 aliphatic carbocycles. The zero-order chi connectivity index (χ0) is 16.6. The maximum Gasteiger partial charge on any atom is 0.267 e. The van der Waals surface area contributed by atoms with Crippen LogP contribution in [0.1, 0.15) is 32.3 Å². The number of nitrogens with zero attached hydrogens (tertiary/aromatic N) is 2. The molecule has 23 heavy (non-hydrogen) atoms. The number of nitrogens with one attached hydrogen (secondary N) is 1. The predicted octanol–water partition coefficient (Wildman–Crippen LogP) is 4.75. The summed E-state index contributed by atoms with van der Waals surface area (Å²) >= 11 is 3.05. The summed E-state index contributed by atoms with van der Waals surface area (Å²) in [5.41, 5.74) is 4.34. The standard InChI is InChI=1S/C17H17N3OS2/c1-9-8-10(2)18-11(3)14(9)20-16(21)15-12(4)19-17(23-15)13-6-5-7-22-13/h5-8H,1-4H3,(H,20,21). The lowest BCUT2D eigenvalue weighted by Gasteiger charge is -2.11. The monoisotopic (exact) mass is 343 g/mol. The van der Waals surface area contributed by atoms with Crippen LogP contribution in [-0.4, -0.2) is 15.9 Å². The second-order valence-corrected chi connectivity index (χ2v) is 7.35. The van der Waals surface area contributed by atoms with E-state index in [1.165, 1.54) is 11.3 Å².